The number of nitrogens with one attached hydrogen (secondary N) is 1. The number of benzene rings is 1. The first-order chi connectivity index (χ1) is 6.84. The monoisotopic (exact) mass is 189 g/mol. The van der Waals surface area contributed by atoms with Crippen LogP contribution < -0.4 is 5.32 Å². The summed E-state index contributed by atoms with van der Waals surface area (Å²) in [5.74, 6) is 0. The maximum atomic E-state index is 5.88. The van der Waals surface area contributed by atoms with E-state index in [-0.39, 0.29) is 0 Å². The Kier molecular flexibility index (Phi) is 1.85. The molecule has 1 aliphatic carbocycles. The van der Waals surface area contributed by atoms with Crippen LogP contribution in [0.3, 0.4) is 0 Å². The van der Waals surface area contributed by atoms with Gasteiger partial charge in [0.1, 0.15) is 0 Å². The minimum Gasteiger partial charge on any atom is -0.370 e. The first-order valence-corrected chi connectivity index (χ1v) is 5.30. The van der Waals surface area contributed by atoms with E-state index in [9.17, 15) is 0 Å². The van der Waals surface area contributed by atoms with Crippen LogP contribution in [0.4, 0.5) is 0 Å². The van der Waals surface area contributed by atoms with E-state index in [4.69, 9.17) is 4.74 Å². The third-order valence-electron chi connectivity index (χ3n) is 3.19. The van der Waals surface area contributed by atoms with Crippen molar-refractivity contribution in [3.8, 4) is 0 Å². The number of hydrogen-bond acceptors (Lipinski definition) is 2. The Balaban J connectivity index is 1.94. The molecule has 3 rings (SSSR count). The molecular formula is C12H15NO. The van der Waals surface area contributed by atoms with Gasteiger partial charge in [-0.05, 0) is 24.5 Å². The quantitative estimate of drug-likeness (QED) is 0.670. The maximum absolute atomic E-state index is 5.88. The van der Waals surface area contributed by atoms with Gasteiger partial charge in [0.05, 0.1) is 12.7 Å². The van der Waals surface area contributed by atoms with Crippen molar-refractivity contribution in [1.29, 1.82) is 0 Å². The molecule has 14 heavy (non-hydrogen) atoms. The maximum Gasteiger partial charge on any atom is 0.0984 e. The van der Waals surface area contributed by atoms with E-state index in [0.717, 1.165) is 13.0 Å². The van der Waals surface area contributed by atoms with Gasteiger partial charge in [-0.25, -0.2) is 0 Å². The molecule has 0 aromatic heterocycles. The Morgan fingerprint density at radius 2 is 2.21 bits per heavy atom. The van der Waals surface area contributed by atoms with Crippen molar-refractivity contribution in [2.24, 2.45) is 0 Å². The number of hydrogen-bond donors (Lipinski definition) is 1. The smallest absolute Gasteiger partial charge is 0.0984 e. The van der Waals surface area contributed by atoms with Gasteiger partial charge in [-0.2, -0.15) is 0 Å². The van der Waals surface area contributed by atoms with Crippen LogP contribution in [0.2, 0.25) is 0 Å². The lowest BCUT2D eigenvalue weighted by Gasteiger charge is -2.32. The van der Waals surface area contributed by atoms with Crippen LogP contribution in [0, 0.1) is 0 Å². The van der Waals surface area contributed by atoms with Crippen molar-refractivity contribution in [3.63, 3.8) is 0 Å². The topological polar surface area (TPSA) is 21.3 Å². The molecule has 1 aromatic rings. The van der Waals surface area contributed by atoms with Crippen LogP contribution in [0.25, 0.3) is 0 Å². The Morgan fingerprint density at radius 1 is 1.36 bits per heavy atom. The van der Waals surface area contributed by atoms with Gasteiger partial charge >= 0.3 is 0 Å². The van der Waals surface area contributed by atoms with E-state index in [1.165, 1.54) is 11.1 Å². The second kappa shape index (κ2) is 3.07. The van der Waals surface area contributed by atoms with Crippen LogP contribution in [0.15, 0.2) is 24.3 Å². The first kappa shape index (κ1) is 8.45. The van der Waals surface area contributed by atoms with E-state index < -0.39 is 0 Å². The molecule has 1 aliphatic heterocycles. The molecule has 3 atom stereocenters. The minimum absolute atomic E-state index is 0.294. The number of rotatable bonds is 0. The average molecular weight is 189 g/mol. The molecule has 0 radical (unpaired) electrons. The Bertz CT molecular complexity index is 350. The van der Waals surface area contributed by atoms with Gasteiger partial charge in [0.2, 0.25) is 0 Å². The van der Waals surface area contributed by atoms with E-state index in [2.05, 4.69) is 36.5 Å². The Hall–Kier alpha value is -0.860. The molecule has 2 nitrogen and oxygen atoms in total. The average Bonchev–Trinajstić information content (AvgIpc) is 2.54. The van der Waals surface area contributed by atoms with Crippen LogP contribution in [0.5, 0.6) is 0 Å². The number of fused-ring (bicyclic) bond motifs is 3. The molecule has 0 bridgehead atoms. The molecule has 1 heterocycles. The molecule has 0 saturated carbocycles. The van der Waals surface area contributed by atoms with Crippen LogP contribution in [-0.2, 0) is 11.2 Å². The predicted octanol–water partition coefficient (Wildman–Crippen LogP) is 1.66. The highest BCUT2D eigenvalue weighted by molar-refractivity contribution is 5.36. The largest absolute Gasteiger partial charge is 0.370 e. The van der Waals surface area contributed by atoms with Gasteiger partial charge in [0.15, 0.2) is 0 Å². The zero-order chi connectivity index (χ0) is 9.54. The Labute approximate surface area is 84.3 Å². The lowest BCUT2D eigenvalue weighted by atomic mass is 10.1. The zero-order valence-electron chi connectivity index (χ0n) is 8.36. The fourth-order valence-electron chi connectivity index (χ4n) is 2.57. The van der Waals surface area contributed by atoms with Crippen molar-refractivity contribution in [2.45, 2.75) is 31.5 Å². The zero-order valence-corrected chi connectivity index (χ0v) is 8.36. The molecule has 1 saturated heterocycles. The van der Waals surface area contributed by atoms with E-state index >= 15 is 0 Å². The SMILES string of the molecule is CC1COC2c3ccccc3CC2N1. The highest BCUT2D eigenvalue weighted by Gasteiger charge is 2.36. The predicted molar refractivity (Wildman–Crippen MR) is 55.2 cm³/mol. The number of morpholine rings is 1. The summed E-state index contributed by atoms with van der Waals surface area (Å²) >= 11 is 0. The van der Waals surface area contributed by atoms with E-state index in [0.29, 0.717) is 18.2 Å². The standard InChI is InChI=1S/C12H15NO/c1-8-7-14-12-10-5-3-2-4-9(10)6-11(12)13-8/h2-5,8,11-13H,6-7H2,1H3. The van der Waals surface area contributed by atoms with Crippen LogP contribution in [-0.4, -0.2) is 18.7 Å². The molecule has 2 heteroatoms. The lowest BCUT2D eigenvalue weighted by molar-refractivity contribution is -0.0172. The van der Waals surface area contributed by atoms with Gasteiger partial charge in [-0.1, -0.05) is 24.3 Å². The summed E-state index contributed by atoms with van der Waals surface area (Å²) in [6.45, 7) is 3.01. The highest BCUT2D eigenvalue weighted by atomic mass is 16.5. The molecule has 1 N–H and O–H groups in total. The van der Waals surface area contributed by atoms with Crippen LogP contribution in [0.1, 0.15) is 24.2 Å². The summed E-state index contributed by atoms with van der Waals surface area (Å²) < 4.78 is 5.88. The molecule has 3 unspecified atom stereocenters. The van der Waals surface area contributed by atoms with E-state index in [1.807, 2.05) is 0 Å². The van der Waals surface area contributed by atoms with Crippen LogP contribution >= 0.6 is 0 Å². The third-order valence-corrected chi connectivity index (χ3v) is 3.19. The van der Waals surface area contributed by atoms with Gasteiger partial charge < -0.3 is 10.1 Å². The minimum atomic E-state index is 0.294. The molecule has 2 aliphatic rings. The molecule has 0 amide bonds. The summed E-state index contributed by atoms with van der Waals surface area (Å²) in [5, 5.41) is 3.60. The summed E-state index contributed by atoms with van der Waals surface area (Å²) in [5.41, 5.74) is 2.83. The van der Waals surface area contributed by atoms with Crippen molar-refractivity contribution >= 4 is 0 Å². The molecule has 1 aromatic carbocycles. The normalized spacial score (nSPS) is 35.1. The van der Waals surface area contributed by atoms with Crippen molar-refractivity contribution in [2.75, 3.05) is 6.61 Å². The van der Waals surface area contributed by atoms with Crippen molar-refractivity contribution in [1.82, 2.24) is 5.32 Å². The number of ether oxygens (including phenoxy) is 1. The fourth-order valence-corrected chi connectivity index (χ4v) is 2.57. The van der Waals surface area contributed by atoms with Gasteiger partial charge in [-0.15, -0.1) is 0 Å². The molecular weight excluding hydrogens is 174 g/mol. The van der Waals surface area contributed by atoms with Crippen molar-refractivity contribution < 1.29 is 4.74 Å². The molecule has 1 fully saturated rings. The fraction of sp³-hybridized carbons (Fsp3) is 0.500. The Morgan fingerprint density at radius 3 is 3.14 bits per heavy atom. The summed E-state index contributed by atoms with van der Waals surface area (Å²) in [4.78, 5) is 0. The molecule has 74 valence electrons. The summed E-state index contributed by atoms with van der Waals surface area (Å²) in [6.07, 6.45) is 1.41. The summed E-state index contributed by atoms with van der Waals surface area (Å²) in [7, 11) is 0. The van der Waals surface area contributed by atoms with Crippen molar-refractivity contribution in [3.05, 3.63) is 35.4 Å². The first-order valence-electron chi connectivity index (χ1n) is 5.30. The second-order valence-corrected chi connectivity index (χ2v) is 4.33. The third kappa shape index (κ3) is 1.18. The highest BCUT2D eigenvalue weighted by Crippen LogP contribution is 2.36. The van der Waals surface area contributed by atoms with Gasteiger partial charge in [-0.3, -0.25) is 0 Å². The second-order valence-electron chi connectivity index (χ2n) is 4.33. The van der Waals surface area contributed by atoms with E-state index in [1.54, 1.807) is 0 Å². The lowest BCUT2D eigenvalue weighted by Crippen LogP contribution is -2.47. The van der Waals surface area contributed by atoms with Gasteiger partial charge in [0, 0.05) is 12.1 Å². The summed E-state index contributed by atoms with van der Waals surface area (Å²) in [6, 6.07) is 9.60. The van der Waals surface area contributed by atoms with Gasteiger partial charge in [0.25, 0.3) is 0 Å². The molecule has 0 spiro atoms.